The lowest BCUT2D eigenvalue weighted by Gasteiger charge is -2.72. The van der Waals surface area contributed by atoms with Gasteiger partial charge in [0.15, 0.2) is 6.61 Å². The highest BCUT2D eigenvalue weighted by Crippen LogP contribution is 2.64. The van der Waals surface area contributed by atoms with Crippen molar-refractivity contribution >= 4 is 40.8 Å². The quantitative estimate of drug-likeness (QED) is 0.582. The summed E-state index contributed by atoms with van der Waals surface area (Å²) in [5.41, 5.74) is -0.883. The molecule has 1 N–H and O–H groups in total. The number of nitrogens with zero attached hydrogens (tertiary/aromatic N) is 2. The lowest BCUT2D eigenvalue weighted by molar-refractivity contribution is -0.165. The monoisotopic (exact) mass is 513 g/mol. The number of anilines is 1. The number of alkyl halides is 3. The molecule has 180 valence electrons. The number of hydrogen-bond acceptors (Lipinski definition) is 3. The zero-order chi connectivity index (χ0) is 24.3. The highest BCUT2D eigenvalue weighted by molar-refractivity contribution is 6.31. The molecule has 1 aliphatic heterocycles. The third kappa shape index (κ3) is 3.94. The maximum atomic E-state index is 13.0. The van der Waals surface area contributed by atoms with Crippen LogP contribution in [-0.4, -0.2) is 47.6 Å². The maximum absolute atomic E-state index is 13.0. The summed E-state index contributed by atoms with van der Waals surface area (Å²) in [6.45, 7) is 0.768. The van der Waals surface area contributed by atoms with E-state index >= 15 is 0 Å². The second-order valence-corrected chi connectivity index (χ2v) is 9.92. The molecular formula is C23H20Cl2F3N3O3. The first-order chi connectivity index (χ1) is 16.0. The van der Waals surface area contributed by atoms with Crippen LogP contribution in [0, 0.1) is 0 Å². The fourth-order valence-corrected chi connectivity index (χ4v) is 5.63. The molecule has 2 bridgehead atoms. The van der Waals surface area contributed by atoms with Crippen LogP contribution in [0.3, 0.4) is 0 Å². The van der Waals surface area contributed by atoms with Crippen molar-refractivity contribution in [1.29, 1.82) is 0 Å². The summed E-state index contributed by atoms with van der Waals surface area (Å²) in [6.07, 6.45) is -2.68. The molecule has 4 aliphatic rings. The van der Waals surface area contributed by atoms with E-state index in [0.29, 0.717) is 37.4 Å². The molecule has 2 aromatic rings. The molecule has 0 unspecified atom stereocenters. The van der Waals surface area contributed by atoms with Crippen LogP contribution >= 0.6 is 23.2 Å². The van der Waals surface area contributed by atoms with Gasteiger partial charge in [0, 0.05) is 29.3 Å². The molecule has 6 rings (SSSR count). The summed E-state index contributed by atoms with van der Waals surface area (Å²) >= 11 is 11.5. The Morgan fingerprint density at radius 3 is 2.38 bits per heavy atom. The largest absolute Gasteiger partial charge is 0.484 e. The topological polar surface area (TPSA) is 61.9 Å². The van der Waals surface area contributed by atoms with Crippen LogP contribution in [-0.2, 0) is 11.0 Å². The Labute approximate surface area is 203 Å². The van der Waals surface area contributed by atoms with Gasteiger partial charge in [-0.25, -0.2) is 4.79 Å². The highest BCUT2D eigenvalue weighted by atomic mass is 35.5. The fourth-order valence-electron chi connectivity index (χ4n) is 5.28. The second-order valence-electron chi connectivity index (χ2n) is 9.07. The Morgan fingerprint density at radius 2 is 1.74 bits per heavy atom. The number of halogens is 5. The van der Waals surface area contributed by atoms with Crippen molar-refractivity contribution in [3.8, 4) is 5.75 Å². The molecule has 3 aliphatic carbocycles. The lowest BCUT2D eigenvalue weighted by Crippen LogP contribution is -2.84. The van der Waals surface area contributed by atoms with Crippen LogP contribution in [0.2, 0.25) is 10.0 Å². The van der Waals surface area contributed by atoms with Gasteiger partial charge in [-0.05, 0) is 61.7 Å². The highest BCUT2D eigenvalue weighted by Gasteiger charge is 2.72. The molecule has 0 radical (unpaired) electrons. The molecule has 0 atom stereocenters. The van der Waals surface area contributed by atoms with Gasteiger partial charge < -0.3 is 15.0 Å². The molecule has 3 saturated carbocycles. The summed E-state index contributed by atoms with van der Waals surface area (Å²) in [5, 5.41) is 3.09. The van der Waals surface area contributed by atoms with Crippen molar-refractivity contribution in [1.82, 2.24) is 10.2 Å². The van der Waals surface area contributed by atoms with Crippen molar-refractivity contribution in [3.05, 3.63) is 58.1 Å². The van der Waals surface area contributed by atoms with Gasteiger partial charge in [-0.15, -0.1) is 0 Å². The lowest BCUT2D eigenvalue weighted by atomic mass is 9.43. The number of nitrogens with one attached hydrogen (secondary N) is 1. The molecule has 34 heavy (non-hydrogen) atoms. The normalized spacial score (nSPS) is 25.6. The minimum absolute atomic E-state index is 0.0616. The number of carbonyl (C=O) groups excluding carboxylic acids is 2. The molecule has 0 aromatic heterocycles. The first-order valence-corrected chi connectivity index (χ1v) is 11.4. The smallest absolute Gasteiger partial charge is 0.417 e. The van der Waals surface area contributed by atoms with E-state index in [1.165, 1.54) is 6.07 Å². The van der Waals surface area contributed by atoms with Gasteiger partial charge in [0.2, 0.25) is 0 Å². The Hall–Kier alpha value is -2.65. The molecule has 0 spiro atoms. The number of benzene rings is 2. The summed E-state index contributed by atoms with van der Waals surface area (Å²) in [7, 11) is 0. The number of ether oxygens (including phenoxy) is 1. The maximum Gasteiger partial charge on any atom is 0.417 e. The molecular weight excluding hydrogens is 494 g/mol. The van der Waals surface area contributed by atoms with Crippen molar-refractivity contribution in [2.24, 2.45) is 0 Å². The van der Waals surface area contributed by atoms with Crippen LogP contribution < -0.4 is 15.0 Å². The minimum Gasteiger partial charge on any atom is -0.484 e. The molecule has 4 fully saturated rings. The van der Waals surface area contributed by atoms with Crippen molar-refractivity contribution in [3.63, 3.8) is 0 Å². The Morgan fingerprint density at radius 1 is 1.06 bits per heavy atom. The van der Waals surface area contributed by atoms with Crippen LogP contribution in [0.15, 0.2) is 42.5 Å². The van der Waals surface area contributed by atoms with Gasteiger partial charge in [-0.1, -0.05) is 23.2 Å². The van der Waals surface area contributed by atoms with E-state index in [1.807, 2.05) is 17.0 Å². The predicted octanol–water partition coefficient (Wildman–Crippen LogP) is 5.12. The van der Waals surface area contributed by atoms with Gasteiger partial charge in [-0.2, -0.15) is 13.2 Å². The minimum atomic E-state index is -4.62. The van der Waals surface area contributed by atoms with Crippen molar-refractivity contribution in [2.75, 3.05) is 24.6 Å². The Balaban J connectivity index is 1.13. The van der Waals surface area contributed by atoms with Gasteiger partial charge in [0.25, 0.3) is 5.91 Å². The Bertz CT molecular complexity index is 1140. The molecule has 2 aromatic carbocycles. The number of amides is 3. The zero-order valence-electron chi connectivity index (χ0n) is 17.8. The summed E-state index contributed by atoms with van der Waals surface area (Å²) in [4.78, 5) is 28.9. The van der Waals surface area contributed by atoms with Gasteiger partial charge in [0.1, 0.15) is 5.75 Å². The predicted molar refractivity (Wildman–Crippen MR) is 120 cm³/mol. The molecule has 6 nitrogen and oxygen atoms in total. The van der Waals surface area contributed by atoms with E-state index in [1.54, 1.807) is 17.0 Å². The van der Waals surface area contributed by atoms with E-state index in [4.69, 9.17) is 27.9 Å². The van der Waals surface area contributed by atoms with Crippen molar-refractivity contribution < 1.29 is 27.5 Å². The number of carbonyl (C=O) groups is 2. The molecule has 3 amide bonds. The van der Waals surface area contributed by atoms with E-state index in [-0.39, 0.29) is 17.3 Å². The van der Waals surface area contributed by atoms with Crippen LogP contribution in [0.4, 0.5) is 23.7 Å². The third-order valence-electron chi connectivity index (χ3n) is 6.74. The van der Waals surface area contributed by atoms with E-state index < -0.39 is 34.8 Å². The fraction of sp³-hybridized carbons (Fsp3) is 0.391. The zero-order valence-corrected chi connectivity index (χ0v) is 19.3. The van der Waals surface area contributed by atoms with Crippen LogP contribution in [0.1, 0.15) is 24.8 Å². The van der Waals surface area contributed by atoms with E-state index in [0.717, 1.165) is 17.8 Å². The first kappa shape index (κ1) is 23.1. The van der Waals surface area contributed by atoms with Crippen LogP contribution in [0.25, 0.3) is 0 Å². The first-order valence-electron chi connectivity index (χ1n) is 10.7. The second kappa shape index (κ2) is 7.95. The number of rotatable bonds is 6. The SMILES string of the molecule is O=C(COc1ccc(Cl)c(C(F)(F)F)c1)NC12CC(N3CCN(c4ccc(Cl)cc4)C3=O)(C1)C2. The Kier molecular flexibility index (Phi) is 5.40. The standard InChI is InChI=1S/C23H20Cl2F3N3O3/c24-14-1-3-15(4-2-14)30-7-8-31(20(30)33)22-11-21(12-22,13-22)29-19(32)10-34-16-5-6-18(25)17(9-16)23(26,27)28/h1-6,9H,7-8,10-13H2,(H,29,32). The van der Waals surface area contributed by atoms with Gasteiger partial charge >= 0.3 is 12.2 Å². The van der Waals surface area contributed by atoms with Crippen LogP contribution in [0.5, 0.6) is 5.75 Å². The average molecular weight is 514 g/mol. The summed E-state index contributed by atoms with van der Waals surface area (Å²) in [6, 6.07) is 10.2. The third-order valence-corrected chi connectivity index (χ3v) is 7.32. The summed E-state index contributed by atoms with van der Waals surface area (Å²) < 4.78 is 44.2. The number of urea groups is 1. The van der Waals surface area contributed by atoms with E-state index in [2.05, 4.69) is 5.32 Å². The van der Waals surface area contributed by atoms with Gasteiger partial charge in [0.05, 0.1) is 16.1 Å². The summed E-state index contributed by atoms with van der Waals surface area (Å²) in [5.74, 6) is -0.516. The van der Waals surface area contributed by atoms with E-state index in [9.17, 15) is 22.8 Å². The molecule has 11 heteroatoms. The average Bonchev–Trinajstić information content (AvgIpc) is 3.10. The van der Waals surface area contributed by atoms with Gasteiger partial charge in [-0.3, -0.25) is 9.69 Å². The molecule has 1 saturated heterocycles. The van der Waals surface area contributed by atoms with Crippen molar-refractivity contribution in [2.45, 2.75) is 36.5 Å². The number of hydrogen-bond donors (Lipinski definition) is 1. The molecule has 1 heterocycles.